The second-order valence-electron chi connectivity index (χ2n) is 4.70. The third kappa shape index (κ3) is 1.90. The van der Waals surface area contributed by atoms with Crippen LogP contribution in [0.1, 0.15) is 29.9 Å². The number of rotatable bonds is 2. The molecule has 1 saturated carbocycles. The van der Waals surface area contributed by atoms with Crippen molar-refractivity contribution in [2.45, 2.75) is 25.7 Å². The predicted molar refractivity (Wildman–Crippen MR) is 75.3 cm³/mol. The van der Waals surface area contributed by atoms with Crippen LogP contribution in [-0.2, 0) is 0 Å². The van der Waals surface area contributed by atoms with Crippen LogP contribution in [0.15, 0.2) is 35.3 Å². The minimum absolute atomic E-state index is 0.754. The van der Waals surface area contributed by atoms with E-state index < -0.39 is 0 Å². The molecule has 0 amide bonds. The van der Waals surface area contributed by atoms with Crippen LogP contribution in [0.2, 0.25) is 0 Å². The molecule has 1 aliphatic rings. The van der Waals surface area contributed by atoms with Crippen LogP contribution < -0.4 is 0 Å². The minimum atomic E-state index is 0.754. The normalized spacial score (nSPS) is 14.6. The lowest BCUT2D eigenvalue weighted by molar-refractivity contribution is 1.15. The van der Waals surface area contributed by atoms with Gasteiger partial charge >= 0.3 is 0 Å². The molecule has 0 heterocycles. The Morgan fingerprint density at radius 2 is 2.00 bits per heavy atom. The number of benzene rings is 2. The second-order valence-corrected chi connectivity index (χ2v) is 4.88. The van der Waals surface area contributed by atoms with Crippen molar-refractivity contribution in [3.05, 3.63) is 41.5 Å². The number of hydrogen-bond donors (Lipinski definition) is 0. The van der Waals surface area contributed by atoms with Crippen molar-refractivity contribution in [3.8, 4) is 0 Å². The Morgan fingerprint density at radius 1 is 1.18 bits per heavy atom. The Kier molecular flexibility index (Phi) is 2.54. The quantitative estimate of drug-likeness (QED) is 0.543. The summed E-state index contributed by atoms with van der Waals surface area (Å²) in [6.07, 6.45) is 2.64. The van der Waals surface area contributed by atoms with E-state index in [1.54, 1.807) is 0 Å². The molecule has 2 heteroatoms. The van der Waals surface area contributed by atoms with Gasteiger partial charge in [-0.1, -0.05) is 29.8 Å². The van der Waals surface area contributed by atoms with Crippen LogP contribution in [0.3, 0.4) is 0 Å². The summed E-state index contributed by atoms with van der Waals surface area (Å²) in [4.78, 5) is 4.15. The topological polar surface area (TPSA) is 12.4 Å². The second kappa shape index (κ2) is 4.06. The third-order valence-electron chi connectivity index (χ3n) is 3.37. The molecule has 0 atom stereocenters. The molecule has 0 radical (unpaired) electrons. The van der Waals surface area contributed by atoms with Gasteiger partial charge in [0.1, 0.15) is 0 Å². The van der Waals surface area contributed by atoms with Gasteiger partial charge in [-0.3, -0.25) is 0 Å². The fraction of sp³-hybridized carbons (Fsp3) is 0.267. The molecule has 1 nitrogen and oxygen atoms in total. The molecule has 0 unspecified atom stereocenters. The van der Waals surface area contributed by atoms with Crippen molar-refractivity contribution in [1.29, 1.82) is 0 Å². The van der Waals surface area contributed by atoms with Gasteiger partial charge in [-0.2, -0.15) is 4.99 Å². The maximum atomic E-state index is 4.70. The van der Waals surface area contributed by atoms with Gasteiger partial charge in [0.2, 0.25) is 0 Å². The van der Waals surface area contributed by atoms with Gasteiger partial charge in [-0.25, -0.2) is 0 Å². The smallest absolute Gasteiger partial charge is 0.0818 e. The van der Waals surface area contributed by atoms with E-state index in [1.807, 2.05) is 0 Å². The van der Waals surface area contributed by atoms with E-state index in [0.29, 0.717) is 0 Å². The standard InChI is InChI=1S/C15H13NS/c1-10-2-5-13-14(8-10)12(11-3-4-11)6-7-15(13)16-9-17/h2,5-8,11H,3-4H2,1H3. The molecule has 1 fully saturated rings. The lowest BCUT2D eigenvalue weighted by Gasteiger charge is -2.08. The summed E-state index contributed by atoms with van der Waals surface area (Å²) in [6.45, 7) is 2.13. The highest BCUT2D eigenvalue weighted by molar-refractivity contribution is 7.78. The van der Waals surface area contributed by atoms with Crippen molar-refractivity contribution in [2.75, 3.05) is 0 Å². The molecule has 2 aromatic carbocycles. The van der Waals surface area contributed by atoms with Gasteiger partial charge in [0.05, 0.1) is 10.8 Å². The molecule has 2 aromatic rings. The van der Waals surface area contributed by atoms with Crippen LogP contribution >= 0.6 is 12.2 Å². The van der Waals surface area contributed by atoms with Crippen LogP contribution in [0.5, 0.6) is 0 Å². The summed E-state index contributed by atoms with van der Waals surface area (Å²) in [5, 5.41) is 4.99. The summed E-state index contributed by atoms with van der Waals surface area (Å²) in [6, 6.07) is 10.8. The van der Waals surface area contributed by atoms with Crippen LogP contribution in [0.4, 0.5) is 5.69 Å². The molecular formula is C15H13NS. The summed E-state index contributed by atoms with van der Waals surface area (Å²) < 4.78 is 0. The Labute approximate surface area is 106 Å². The van der Waals surface area contributed by atoms with E-state index in [4.69, 9.17) is 12.2 Å². The maximum Gasteiger partial charge on any atom is 0.0818 e. The average Bonchev–Trinajstić information content (AvgIpc) is 3.13. The zero-order chi connectivity index (χ0) is 11.8. The van der Waals surface area contributed by atoms with E-state index >= 15 is 0 Å². The number of aliphatic imine (C=N–C) groups is 1. The highest BCUT2D eigenvalue weighted by atomic mass is 32.1. The molecule has 0 spiro atoms. The van der Waals surface area contributed by atoms with Crippen molar-refractivity contribution in [2.24, 2.45) is 4.99 Å². The van der Waals surface area contributed by atoms with Gasteiger partial charge in [-0.15, -0.1) is 0 Å². The molecule has 0 aliphatic heterocycles. The number of nitrogens with zero attached hydrogens (tertiary/aromatic N) is 1. The molecule has 1 aliphatic carbocycles. The molecule has 0 aromatic heterocycles. The predicted octanol–water partition coefficient (Wildman–Crippen LogP) is 4.76. The number of thiocarbonyl (C=S) groups is 1. The Morgan fingerprint density at radius 3 is 2.71 bits per heavy atom. The fourth-order valence-corrected chi connectivity index (χ4v) is 2.46. The van der Waals surface area contributed by atoms with Gasteiger partial charge < -0.3 is 0 Å². The highest BCUT2D eigenvalue weighted by Crippen LogP contribution is 2.44. The Bertz CT molecular complexity index is 635. The Hall–Kier alpha value is -1.50. The van der Waals surface area contributed by atoms with Crippen molar-refractivity contribution in [3.63, 3.8) is 0 Å². The summed E-state index contributed by atoms with van der Waals surface area (Å²) in [7, 11) is 0. The zero-order valence-electron chi connectivity index (χ0n) is 9.73. The van der Waals surface area contributed by atoms with Crippen molar-refractivity contribution in [1.82, 2.24) is 0 Å². The van der Waals surface area contributed by atoms with Crippen LogP contribution in [0, 0.1) is 6.92 Å². The molecule has 0 saturated heterocycles. The first-order chi connectivity index (χ1) is 8.29. The third-order valence-corrected chi connectivity index (χ3v) is 3.46. The van der Waals surface area contributed by atoms with Gasteiger partial charge in [0.25, 0.3) is 0 Å². The molecule has 3 rings (SSSR count). The number of aryl methyl sites for hydroxylation is 1. The van der Waals surface area contributed by atoms with Gasteiger partial charge in [0.15, 0.2) is 0 Å². The molecule has 0 N–H and O–H groups in total. The summed E-state index contributed by atoms with van der Waals surface area (Å²) in [5.74, 6) is 0.754. The zero-order valence-corrected chi connectivity index (χ0v) is 10.6. The fourth-order valence-electron chi connectivity index (χ4n) is 2.37. The maximum absolute atomic E-state index is 4.70. The highest BCUT2D eigenvalue weighted by Gasteiger charge is 2.25. The van der Waals surface area contributed by atoms with E-state index in [-0.39, 0.29) is 0 Å². The van der Waals surface area contributed by atoms with Crippen molar-refractivity contribution < 1.29 is 0 Å². The van der Waals surface area contributed by atoms with Crippen LogP contribution in [-0.4, -0.2) is 5.16 Å². The van der Waals surface area contributed by atoms with Crippen LogP contribution in [0.25, 0.3) is 10.8 Å². The monoisotopic (exact) mass is 239 g/mol. The first kappa shape index (κ1) is 10.6. The number of isothiocyanates is 1. The lowest BCUT2D eigenvalue weighted by atomic mass is 9.98. The van der Waals surface area contributed by atoms with E-state index in [1.165, 1.54) is 34.7 Å². The SMILES string of the molecule is Cc1ccc2c(N=C=S)ccc(C3CC3)c2c1. The Balaban J connectivity index is 2.34. The van der Waals surface area contributed by atoms with E-state index in [9.17, 15) is 0 Å². The summed E-state index contributed by atoms with van der Waals surface area (Å²) in [5.41, 5.74) is 3.69. The van der Waals surface area contributed by atoms with Gasteiger partial charge in [0, 0.05) is 5.39 Å². The van der Waals surface area contributed by atoms with E-state index in [0.717, 1.165) is 11.6 Å². The summed E-state index contributed by atoms with van der Waals surface area (Å²) >= 11 is 4.70. The molecule has 17 heavy (non-hydrogen) atoms. The lowest BCUT2D eigenvalue weighted by Crippen LogP contribution is -1.85. The molecule has 0 bridgehead atoms. The average molecular weight is 239 g/mol. The first-order valence-electron chi connectivity index (χ1n) is 5.91. The number of hydrogen-bond acceptors (Lipinski definition) is 2. The molecule has 84 valence electrons. The van der Waals surface area contributed by atoms with E-state index in [2.05, 4.69) is 47.4 Å². The minimum Gasteiger partial charge on any atom is -0.194 e. The molecular weight excluding hydrogens is 226 g/mol. The number of fused-ring (bicyclic) bond motifs is 1. The van der Waals surface area contributed by atoms with Gasteiger partial charge in [-0.05, 0) is 54.9 Å². The van der Waals surface area contributed by atoms with Crippen molar-refractivity contribution >= 4 is 33.8 Å². The largest absolute Gasteiger partial charge is 0.194 e. The first-order valence-corrected chi connectivity index (χ1v) is 6.31.